The van der Waals surface area contributed by atoms with Crippen LogP contribution in [0.25, 0.3) is 0 Å². The number of carbonyl (C=O) groups excluding carboxylic acids is 2. The van der Waals surface area contributed by atoms with E-state index in [9.17, 15) is 29.4 Å². The first kappa shape index (κ1) is 52.2. The van der Waals surface area contributed by atoms with Crippen molar-refractivity contribution in [2.45, 2.75) is 44.7 Å². The molecule has 0 saturated heterocycles. The van der Waals surface area contributed by atoms with E-state index in [1.165, 1.54) is 0 Å². The molecule has 12 heteroatoms. The first-order chi connectivity index (χ1) is 36.6. The van der Waals surface area contributed by atoms with Crippen molar-refractivity contribution < 1.29 is 29.4 Å². The molecule has 0 heterocycles. The van der Waals surface area contributed by atoms with Crippen LogP contribution in [0.5, 0.6) is 0 Å². The van der Waals surface area contributed by atoms with Gasteiger partial charge in [-0.25, -0.2) is 9.59 Å². The van der Waals surface area contributed by atoms with Crippen LogP contribution in [-0.2, 0) is 45.4 Å². The van der Waals surface area contributed by atoms with Gasteiger partial charge in [-0.2, -0.15) is 0 Å². The highest BCUT2D eigenvalue weighted by Gasteiger charge is 2.30. The number of hydrogen-bond acceptors (Lipinski definition) is 8. The molecule has 0 saturated carbocycles. The molecule has 0 aliphatic carbocycles. The first-order valence-corrected chi connectivity index (χ1v) is 24.8. The smallest absolute Gasteiger partial charge is 0.328 e. The van der Waals surface area contributed by atoms with E-state index in [1.54, 1.807) is 97.1 Å². The number of nitrogens with zero attached hydrogens (tertiary/aromatic N) is 4. The van der Waals surface area contributed by atoms with Crippen LogP contribution in [0.4, 0.5) is 11.4 Å². The van der Waals surface area contributed by atoms with E-state index in [0.29, 0.717) is 59.8 Å². The maximum Gasteiger partial charge on any atom is 0.328 e. The molecule has 0 aliphatic rings. The van der Waals surface area contributed by atoms with Gasteiger partial charge < -0.3 is 20.8 Å². The third kappa shape index (κ3) is 15.5. The molecule has 376 valence electrons. The van der Waals surface area contributed by atoms with E-state index in [0.717, 1.165) is 22.3 Å². The number of aliphatic carboxylic acids is 2. The van der Waals surface area contributed by atoms with E-state index >= 15 is 0 Å². The quantitative estimate of drug-likeness (QED) is 0.0435. The number of benzene rings is 8. The van der Waals surface area contributed by atoms with E-state index in [-0.39, 0.29) is 36.3 Å². The lowest BCUT2D eigenvalue weighted by molar-refractivity contribution is -0.140. The summed E-state index contributed by atoms with van der Waals surface area (Å²) in [5, 5.41) is 28.0. The molecule has 2 atom stereocenters. The Kier molecular flexibility index (Phi) is 18.5. The summed E-state index contributed by atoms with van der Waals surface area (Å²) in [6, 6.07) is 68.4. The number of aliphatic imine (C=N–C) groups is 2. The Hall–Kier alpha value is -9.10. The predicted octanol–water partition coefficient (Wildman–Crippen LogP) is 10.6. The number of hydrogen-bond donors (Lipinski definition) is 4. The van der Waals surface area contributed by atoms with Crippen molar-refractivity contribution in [1.82, 2.24) is 9.80 Å². The molecule has 0 bridgehead atoms. The summed E-state index contributed by atoms with van der Waals surface area (Å²) in [6.07, 6.45) is -0.539. The summed E-state index contributed by atoms with van der Waals surface area (Å²) in [6.45, 7) is 2.16. The molecule has 0 spiro atoms. The number of nitrogens with one attached hydrogen (secondary N) is 2. The van der Waals surface area contributed by atoms with Crippen molar-refractivity contribution in [2.75, 3.05) is 23.7 Å². The summed E-state index contributed by atoms with van der Waals surface area (Å²) in [5.74, 6) is -3.32. The van der Waals surface area contributed by atoms with Gasteiger partial charge in [0.25, 0.3) is 0 Å². The zero-order chi connectivity index (χ0) is 52.2. The van der Waals surface area contributed by atoms with Crippen LogP contribution in [0.2, 0.25) is 0 Å². The Morgan fingerprint density at radius 1 is 0.373 bits per heavy atom. The monoisotopic (exact) mass is 994 g/mol. The van der Waals surface area contributed by atoms with Crippen LogP contribution in [-0.4, -0.2) is 80.4 Å². The highest BCUT2D eigenvalue weighted by molar-refractivity contribution is 6.18. The highest BCUT2D eigenvalue weighted by atomic mass is 16.4. The van der Waals surface area contributed by atoms with Gasteiger partial charge in [0.15, 0.2) is 12.1 Å². The van der Waals surface area contributed by atoms with E-state index in [2.05, 4.69) is 10.6 Å². The number of amides is 2. The summed E-state index contributed by atoms with van der Waals surface area (Å²) in [5.41, 5.74) is 7.45. The lowest BCUT2D eigenvalue weighted by Crippen LogP contribution is -2.33. The van der Waals surface area contributed by atoms with Gasteiger partial charge in [0.2, 0.25) is 11.8 Å². The molecular weight excluding hydrogens is 937 g/mol. The van der Waals surface area contributed by atoms with Crippen LogP contribution in [0.15, 0.2) is 241 Å². The van der Waals surface area contributed by atoms with Gasteiger partial charge in [0, 0.05) is 54.9 Å². The second-order valence-corrected chi connectivity index (χ2v) is 18.1. The second kappa shape index (κ2) is 26.6. The molecule has 75 heavy (non-hydrogen) atoms. The van der Waals surface area contributed by atoms with Crippen LogP contribution >= 0.6 is 0 Å². The minimum Gasteiger partial charge on any atom is -0.480 e. The van der Waals surface area contributed by atoms with Crippen molar-refractivity contribution in [3.63, 3.8) is 0 Å². The van der Waals surface area contributed by atoms with Gasteiger partial charge in [-0.1, -0.05) is 218 Å². The molecular formula is C63H58N6O6. The molecule has 8 aromatic rings. The third-order valence-corrected chi connectivity index (χ3v) is 12.3. The Bertz CT molecular complexity index is 2900. The standard InChI is InChI=1S/C63H58N6O6/c70-58(44-68(40-46-23-7-1-8-24-46)41-47-25-9-2-10-26-47)64-54-37-21-19-35-52(54)60(50-31-15-5-16-32-50)66-56(62(72)73)39-57(63(74)75)67-61(51-33-17-6-18-34-51)53-36-20-22-38-55(53)65-59(71)45-69(42-48-27-11-3-12-28-48)43-49-29-13-4-14-30-49/h1-38,56-57H,39-45H2,(H,64,70)(H,65,71)(H,72,73)(H,74,75)/t56-,57+. The number of anilines is 2. The summed E-state index contributed by atoms with van der Waals surface area (Å²) < 4.78 is 0. The van der Waals surface area contributed by atoms with Gasteiger partial charge >= 0.3 is 11.9 Å². The van der Waals surface area contributed by atoms with Crippen molar-refractivity contribution in [3.8, 4) is 0 Å². The zero-order valence-electron chi connectivity index (χ0n) is 41.4. The van der Waals surface area contributed by atoms with Crippen molar-refractivity contribution in [3.05, 3.63) is 275 Å². The van der Waals surface area contributed by atoms with Gasteiger partial charge in [0.1, 0.15) is 0 Å². The van der Waals surface area contributed by atoms with Crippen LogP contribution in [0.3, 0.4) is 0 Å². The average Bonchev–Trinajstić information content (AvgIpc) is 3.42. The molecule has 12 nitrogen and oxygen atoms in total. The van der Waals surface area contributed by atoms with Gasteiger partial charge in [-0.3, -0.25) is 29.4 Å². The number of carbonyl (C=O) groups is 4. The number of carboxylic acid groups (broad SMARTS) is 2. The lowest BCUT2D eigenvalue weighted by Gasteiger charge is -2.23. The lowest BCUT2D eigenvalue weighted by atomic mass is 9.98. The fraction of sp³-hybridized carbons (Fsp3) is 0.143. The Balaban J connectivity index is 1.09. The highest BCUT2D eigenvalue weighted by Crippen LogP contribution is 2.26. The minimum absolute atomic E-state index is 0.0451. The van der Waals surface area contributed by atoms with Crippen molar-refractivity contribution in [1.29, 1.82) is 0 Å². The Morgan fingerprint density at radius 3 is 0.933 bits per heavy atom. The fourth-order valence-corrected chi connectivity index (χ4v) is 8.82. The number of rotatable bonds is 24. The molecule has 0 fully saturated rings. The first-order valence-electron chi connectivity index (χ1n) is 24.8. The average molecular weight is 995 g/mol. The Morgan fingerprint density at radius 2 is 0.640 bits per heavy atom. The van der Waals surface area contributed by atoms with E-state index < -0.39 is 30.4 Å². The normalized spacial score (nSPS) is 12.5. The predicted molar refractivity (Wildman–Crippen MR) is 296 cm³/mol. The molecule has 0 aromatic heterocycles. The van der Waals surface area contributed by atoms with Gasteiger partial charge in [0.05, 0.1) is 35.9 Å². The maximum absolute atomic E-state index is 14.1. The third-order valence-electron chi connectivity index (χ3n) is 12.3. The zero-order valence-corrected chi connectivity index (χ0v) is 41.4. The van der Waals surface area contributed by atoms with Gasteiger partial charge in [-0.15, -0.1) is 0 Å². The molecule has 4 N–H and O–H groups in total. The molecule has 0 unspecified atom stereocenters. The fourth-order valence-electron chi connectivity index (χ4n) is 8.82. The molecule has 8 aromatic carbocycles. The van der Waals surface area contributed by atoms with Crippen molar-refractivity contribution >= 4 is 46.6 Å². The SMILES string of the molecule is O=C(CN(Cc1ccccc1)Cc1ccccc1)Nc1ccccc1C(=N[C@@H](C[C@@H](N=C(c1ccccc1)c1ccccc1NC(=O)CN(Cc1ccccc1)Cc1ccccc1)C(=O)O)C(=O)O)c1ccccc1. The maximum atomic E-state index is 14.1. The minimum atomic E-state index is -1.62. The van der Waals surface area contributed by atoms with E-state index in [4.69, 9.17) is 9.98 Å². The summed E-state index contributed by atoms with van der Waals surface area (Å²) >= 11 is 0. The number of carboxylic acids is 2. The van der Waals surface area contributed by atoms with Crippen LogP contribution in [0, 0.1) is 0 Å². The summed E-state index contributed by atoms with van der Waals surface area (Å²) in [7, 11) is 0. The second-order valence-electron chi connectivity index (χ2n) is 18.1. The molecule has 0 aliphatic heterocycles. The molecule has 2 amide bonds. The Labute approximate surface area is 437 Å². The molecule has 8 rings (SSSR count). The number of para-hydroxylation sites is 2. The van der Waals surface area contributed by atoms with Crippen LogP contribution in [0.1, 0.15) is 50.9 Å². The summed E-state index contributed by atoms with van der Waals surface area (Å²) in [4.78, 5) is 68.7. The largest absolute Gasteiger partial charge is 0.480 e. The van der Waals surface area contributed by atoms with Gasteiger partial charge in [-0.05, 0) is 34.4 Å². The topological polar surface area (TPSA) is 164 Å². The van der Waals surface area contributed by atoms with E-state index in [1.807, 2.05) is 143 Å². The van der Waals surface area contributed by atoms with Crippen molar-refractivity contribution in [2.24, 2.45) is 9.98 Å². The van der Waals surface area contributed by atoms with Crippen LogP contribution < -0.4 is 10.6 Å². The molecule has 0 radical (unpaired) electrons.